The molecule has 1 aliphatic carbocycles. The van der Waals surface area contributed by atoms with Crippen LogP contribution in [0.1, 0.15) is 6.42 Å². The van der Waals surface area contributed by atoms with Crippen LogP contribution in [-0.4, -0.2) is 64.0 Å². The molecule has 0 aromatic heterocycles. The largest absolute Gasteiger partial charge is 0.466 e. The van der Waals surface area contributed by atoms with Gasteiger partial charge in [-0.1, -0.05) is 0 Å². The minimum absolute atomic E-state index is 0.0378. The number of rotatable bonds is 4. The molecule has 0 bridgehead atoms. The van der Waals surface area contributed by atoms with Crippen LogP contribution in [0.15, 0.2) is 11.8 Å². The highest BCUT2D eigenvalue weighted by molar-refractivity contribution is 5.89. The van der Waals surface area contributed by atoms with E-state index in [9.17, 15) is 14.4 Å². The molecule has 3 unspecified atom stereocenters. The first-order valence-electron chi connectivity index (χ1n) is 7.81. The maximum absolute atomic E-state index is 12.0. The van der Waals surface area contributed by atoms with Gasteiger partial charge < -0.3 is 34.3 Å². The lowest BCUT2D eigenvalue weighted by molar-refractivity contribution is -0.154. The van der Waals surface area contributed by atoms with Gasteiger partial charge in [-0.05, 0) is 6.42 Å². The van der Waals surface area contributed by atoms with Crippen molar-refractivity contribution < 1.29 is 38.1 Å². The summed E-state index contributed by atoms with van der Waals surface area (Å²) in [4.78, 5) is 35.0. The number of ether oxygens (including phenoxy) is 5. The molecule has 1 saturated carbocycles. The predicted octanol–water partition coefficient (Wildman–Crippen LogP) is -0.115. The lowest BCUT2D eigenvalue weighted by atomic mass is 9.81. The van der Waals surface area contributed by atoms with E-state index in [0.29, 0.717) is 12.0 Å². The summed E-state index contributed by atoms with van der Waals surface area (Å²) in [6.45, 7) is -0.0378. The Bertz CT molecular complexity index is 621. The summed E-state index contributed by atoms with van der Waals surface area (Å²) >= 11 is 0. The lowest BCUT2D eigenvalue weighted by Crippen LogP contribution is -2.47. The second-order valence-electron chi connectivity index (χ2n) is 5.98. The number of carbonyl (C=O) groups excluding carboxylic acids is 3. The minimum Gasteiger partial charge on any atom is -0.466 e. The van der Waals surface area contributed by atoms with Crippen LogP contribution in [0.4, 0.5) is 9.59 Å². The van der Waals surface area contributed by atoms with Gasteiger partial charge in [0.2, 0.25) is 0 Å². The minimum atomic E-state index is -0.973. The Hall–Kier alpha value is -2.49. The van der Waals surface area contributed by atoms with E-state index < -0.39 is 36.0 Å². The number of hydrogen-bond acceptors (Lipinski definition) is 8. The first-order valence-corrected chi connectivity index (χ1v) is 7.81. The summed E-state index contributed by atoms with van der Waals surface area (Å²) in [5.74, 6) is -1.31. The third-order valence-corrected chi connectivity index (χ3v) is 4.82. The fourth-order valence-corrected chi connectivity index (χ4v) is 3.60. The van der Waals surface area contributed by atoms with Gasteiger partial charge in [0.15, 0.2) is 0 Å². The average Bonchev–Trinajstić information content (AvgIpc) is 3.23. The zero-order chi connectivity index (χ0) is 18.2. The van der Waals surface area contributed by atoms with Gasteiger partial charge in [-0.2, -0.15) is 0 Å². The summed E-state index contributed by atoms with van der Waals surface area (Å²) in [5.41, 5.74) is -0.511. The normalized spacial score (nSPS) is 34.4. The van der Waals surface area contributed by atoms with Crippen molar-refractivity contribution in [2.75, 3.05) is 27.8 Å². The number of alkyl carbamates (subject to hydrolysis) is 2. The van der Waals surface area contributed by atoms with Crippen LogP contribution in [0.5, 0.6) is 0 Å². The van der Waals surface area contributed by atoms with E-state index in [4.69, 9.17) is 23.7 Å². The Balaban J connectivity index is 1.84. The third kappa shape index (κ3) is 2.86. The Morgan fingerprint density at radius 2 is 2.00 bits per heavy atom. The zero-order valence-corrected chi connectivity index (χ0v) is 14.1. The van der Waals surface area contributed by atoms with E-state index in [0.717, 1.165) is 0 Å². The van der Waals surface area contributed by atoms with Crippen molar-refractivity contribution in [2.45, 2.75) is 24.4 Å². The lowest BCUT2D eigenvalue weighted by Gasteiger charge is -2.36. The summed E-state index contributed by atoms with van der Waals surface area (Å²) in [6.07, 6.45) is -0.698. The summed E-state index contributed by atoms with van der Waals surface area (Å²) in [5, 5.41) is 4.70. The van der Waals surface area contributed by atoms with E-state index >= 15 is 0 Å². The smallest absolute Gasteiger partial charge is 0.409 e. The van der Waals surface area contributed by atoms with Crippen molar-refractivity contribution in [3.05, 3.63) is 11.8 Å². The summed E-state index contributed by atoms with van der Waals surface area (Å²) in [7, 11) is 4.15. The van der Waals surface area contributed by atoms with E-state index in [1.54, 1.807) is 0 Å². The number of epoxide rings is 1. The molecule has 1 saturated heterocycles. The quantitative estimate of drug-likeness (QED) is 0.406. The summed E-state index contributed by atoms with van der Waals surface area (Å²) < 4.78 is 26.4. The molecular formula is C15H20N2O8. The molecule has 2 fully saturated rings. The van der Waals surface area contributed by atoms with Crippen LogP contribution in [0.2, 0.25) is 0 Å². The first kappa shape index (κ1) is 17.3. The van der Waals surface area contributed by atoms with Gasteiger partial charge >= 0.3 is 18.2 Å². The van der Waals surface area contributed by atoms with Gasteiger partial charge in [0.1, 0.15) is 12.2 Å². The summed E-state index contributed by atoms with van der Waals surface area (Å²) in [6, 6.07) is 0. The van der Waals surface area contributed by atoms with E-state index in [-0.39, 0.29) is 18.6 Å². The Labute approximate surface area is 143 Å². The molecule has 2 amide bonds. The van der Waals surface area contributed by atoms with Crippen LogP contribution >= 0.6 is 0 Å². The maximum Gasteiger partial charge on any atom is 0.409 e. The van der Waals surface area contributed by atoms with Gasteiger partial charge in [-0.15, -0.1) is 0 Å². The van der Waals surface area contributed by atoms with Crippen LogP contribution in [0, 0.1) is 11.8 Å². The van der Waals surface area contributed by atoms with Gasteiger partial charge in [-0.3, -0.25) is 0 Å². The highest BCUT2D eigenvalue weighted by Crippen LogP contribution is 2.61. The second kappa shape index (κ2) is 6.43. The number of fused-ring (bicyclic) bond motifs is 3. The van der Waals surface area contributed by atoms with Crippen LogP contribution in [0.25, 0.3) is 0 Å². The number of hydrogen-bond donors (Lipinski definition) is 2. The van der Waals surface area contributed by atoms with E-state index in [2.05, 4.69) is 10.6 Å². The molecule has 0 radical (unpaired) electrons. The van der Waals surface area contributed by atoms with E-state index in [1.165, 1.54) is 27.5 Å². The molecule has 2 aliphatic heterocycles. The monoisotopic (exact) mass is 356 g/mol. The van der Waals surface area contributed by atoms with Crippen LogP contribution < -0.4 is 10.6 Å². The standard InChI is InChI=1S/C15H20N2O8/c1-16-13(19)23-6-15-9(25-15)4-7-8(11(18)21-3)5-22-12(10(7)15)24-14(20)17-2/h5,7,9-10,12H,4,6H2,1-3H3,(H,16,19)(H,17,20)/t7?,9-,10?,12?,15-/m0/s1. The van der Waals surface area contributed by atoms with Crippen molar-refractivity contribution in [3.63, 3.8) is 0 Å². The molecule has 3 aliphatic rings. The molecule has 5 atom stereocenters. The van der Waals surface area contributed by atoms with Gasteiger partial charge in [0, 0.05) is 20.0 Å². The Kier molecular flexibility index (Phi) is 4.46. The molecule has 2 heterocycles. The van der Waals surface area contributed by atoms with Crippen LogP contribution in [-0.2, 0) is 28.5 Å². The Morgan fingerprint density at radius 1 is 1.28 bits per heavy atom. The molecule has 25 heavy (non-hydrogen) atoms. The number of methoxy groups -OCH3 is 1. The molecule has 2 N–H and O–H groups in total. The molecule has 138 valence electrons. The second-order valence-corrected chi connectivity index (χ2v) is 5.98. The molecule has 3 rings (SSSR count). The molecule has 10 nitrogen and oxygen atoms in total. The molecule has 0 spiro atoms. The molecule has 10 heteroatoms. The maximum atomic E-state index is 12.0. The number of esters is 1. The predicted molar refractivity (Wildman–Crippen MR) is 80.1 cm³/mol. The fourth-order valence-electron chi connectivity index (χ4n) is 3.60. The van der Waals surface area contributed by atoms with Crippen molar-refractivity contribution in [1.29, 1.82) is 0 Å². The van der Waals surface area contributed by atoms with E-state index in [1.807, 2.05) is 0 Å². The molecular weight excluding hydrogens is 336 g/mol. The van der Waals surface area contributed by atoms with Gasteiger partial charge in [0.25, 0.3) is 6.29 Å². The van der Waals surface area contributed by atoms with Crippen molar-refractivity contribution in [2.24, 2.45) is 11.8 Å². The first-order chi connectivity index (χ1) is 12.0. The fraction of sp³-hybridized carbons (Fsp3) is 0.667. The highest BCUT2D eigenvalue weighted by atomic mass is 16.7. The number of amides is 2. The molecule has 0 aromatic rings. The zero-order valence-electron chi connectivity index (χ0n) is 14.1. The number of carbonyl (C=O) groups is 3. The molecule has 0 aromatic carbocycles. The van der Waals surface area contributed by atoms with Gasteiger partial charge in [0.05, 0.1) is 31.0 Å². The van der Waals surface area contributed by atoms with Crippen molar-refractivity contribution >= 4 is 18.2 Å². The highest BCUT2D eigenvalue weighted by Gasteiger charge is 2.74. The van der Waals surface area contributed by atoms with Gasteiger partial charge in [-0.25, -0.2) is 14.4 Å². The Morgan fingerprint density at radius 3 is 2.64 bits per heavy atom. The number of nitrogens with one attached hydrogen (secondary N) is 2. The van der Waals surface area contributed by atoms with Crippen LogP contribution in [0.3, 0.4) is 0 Å². The topological polar surface area (TPSA) is 125 Å². The average molecular weight is 356 g/mol. The van der Waals surface area contributed by atoms with Crippen molar-refractivity contribution in [1.82, 2.24) is 10.6 Å². The SMILES string of the molecule is CNC(=O)OC[C@]12O[C@H]1CC1C(C(=O)OC)=COC(OC(=O)NC)C12. The van der Waals surface area contributed by atoms with Crippen molar-refractivity contribution in [3.8, 4) is 0 Å². The third-order valence-electron chi connectivity index (χ3n) is 4.82.